The molecule has 2 N–H and O–H groups in total. The third-order valence-electron chi connectivity index (χ3n) is 3.12. The monoisotopic (exact) mass is 324 g/mol. The van der Waals surface area contributed by atoms with Gasteiger partial charge in [0.05, 0.1) is 6.26 Å². The van der Waals surface area contributed by atoms with Crippen LogP contribution in [0.2, 0.25) is 0 Å². The Hall–Kier alpha value is -1.53. The van der Waals surface area contributed by atoms with Crippen molar-refractivity contribution < 1.29 is 8.42 Å². The van der Waals surface area contributed by atoms with Gasteiger partial charge in [0.2, 0.25) is 10.0 Å². The Balaban J connectivity index is 2.08. The summed E-state index contributed by atoms with van der Waals surface area (Å²) in [5.41, 5.74) is 2.83. The first kappa shape index (κ1) is 15.9. The van der Waals surface area contributed by atoms with Gasteiger partial charge < -0.3 is 5.32 Å². The molecule has 6 heteroatoms. The zero-order valence-corrected chi connectivity index (χ0v) is 14.2. The van der Waals surface area contributed by atoms with Gasteiger partial charge in [0.15, 0.2) is 0 Å². The van der Waals surface area contributed by atoms with Crippen LogP contribution < -0.4 is 10.0 Å². The Morgan fingerprint density at radius 2 is 1.67 bits per heavy atom. The molecule has 0 radical (unpaired) electrons. The van der Waals surface area contributed by atoms with Crippen molar-refractivity contribution in [3.63, 3.8) is 0 Å². The van der Waals surface area contributed by atoms with Gasteiger partial charge in [0.1, 0.15) is 0 Å². The molecule has 0 spiro atoms. The van der Waals surface area contributed by atoms with Crippen molar-refractivity contribution >= 4 is 32.7 Å². The lowest BCUT2D eigenvalue weighted by atomic mass is 10.1. The van der Waals surface area contributed by atoms with E-state index in [1.165, 1.54) is 15.3 Å². The summed E-state index contributed by atoms with van der Waals surface area (Å²) in [4.78, 5) is 2.63. The van der Waals surface area contributed by atoms with E-state index in [1.54, 1.807) is 23.5 Å². The highest BCUT2D eigenvalue weighted by Crippen LogP contribution is 2.28. The van der Waals surface area contributed by atoms with Gasteiger partial charge in [-0.3, -0.25) is 4.72 Å². The van der Waals surface area contributed by atoms with Crippen molar-refractivity contribution in [1.29, 1.82) is 0 Å². The van der Waals surface area contributed by atoms with Crippen LogP contribution in [0.1, 0.15) is 28.3 Å². The van der Waals surface area contributed by atoms with Crippen LogP contribution in [0.25, 0.3) is 0 Å². The lowest BCUT2D eigenvalue weighted by Crippen LogP contribution is -2.10. The minimum absolute atomic E-state index is 0.212. The number of sulfonamides is 1. The maximum absolute atomic E-state index is 11.2. The second kappa shape index (κ2) is 6.07. The molecular weight excluding hydrogens is 304 g/mol. The largest absolute Gasteiger partial charge is 0.378 e. The molecule has 0 aliphatic heterocycles. The highest BCUT2D eigenvalue weighted by Gasteiger charge is 2.11. The van der Waals surface area contributed by atoms with Crippen LogP contribution >= 0.6 is 11.3 Å². The number of hydrogen-bond donors (Lipinski definition) is 2. The molecule has 21 heavy (non-hydrogen) atoms. The minimum Gasteiger partial charge on any atom is -0.378 e. The molecule has 0 aliphatic carbocycles. The van der Waals surface area contributed by atoms with E-state index in [9.17, 15) is 8.42 Å². The third kappa shape index (κ3) is 4.47. The average molecular weight is 324 g/mol. The fourth-order valence-electron chi connectivity index (χ4n) is 2.26. The Morgan fingerprint density at radius 1 is 1.10 bits per heavy atom. The maximum atomic E-state index is 11.2. The van der Waals surface area contributed by atoms with Crippen molar-refractivity contribution in [2.75, 3.05) is 16.3 Å². The van der Waals surface area contributed by atoms with Crippen LogP contribution in [0.15, 0.2) is 30.3 Å². The fraction of sp³-hybridized carbons (Fsp3) is 0.333. The first-order valence-electron chi connectivity index (χ1n) is 6.66. The minimum atomic E-state index is -3.23. The number of benzene rings is 1. The van der Waals surface area contributed by atoms with Gasteiger partial charge in [-0.1, -0.05) is 0 Å². The van der Waals surface area contributed by atoms with Gasteiger partial charge in [-0.25, -0.2) is 8.42 Å². The number of hydrogen-bond acceptors (Lipinski definition) is 4. The van der Waals surface area contributed by atoms with Crippen LogP contribution in [-0.2, 0) is 10.0 Å². The van der Waals surface area contributed by atoms with Crippen LogP contribution in [0.3, 0.4) is 0 Å². The molecule has 1 unspecified atom stereocenters. The summed E-state index contributed by atoms with van der Waals surface area (Å²) >= 11 is 1.80. The molecule has 2 aromatic rings. The molecule has 1 aromatic carbocycles. The molecule has 0 saturated carbocycles. The topological polar surface area (TPSA) is 58.2 Å². The fourth-order valence-corrected chi connectivity index (χ4v) is 3.84. The highest BCUT2D eigenvalue weighted by atomic mass is 32.2. The molecular formula is C15H20N2O2S2. The molecule has 0 amide bonds. The second-order valence-corrected chi connectivity index (χ2v) is 8.40. The summed E-state index contributed by atoms with van der Waals surface area (Å²) in [6.45, 7) is 6.36. The molecule has 4 nitrogen and oxygen atoms in total. The predicted octanol–water partition coefficient (Wildman–Crippen LogP) is 3.91. The van der Waals surface area contributed by atoms with Crippen LogP contribution in [0.4, 0.5) is 11.4 Å². The summed E-state index contributed by atoms with van der Waals surface area (Å²) in [6, 6.07) is 9.67. The molecule has 1 heterocycles. The predicted molar refractivity (Wildman–Crippen MR) is 90.7 cm³/mol. The zero-order valence-electron chi connectivity index (χ0n) is 12.6. The van der Waals surface area contributed by atoms with Crippen LogP contribution in [0, 0.1) is 13.8 Å². The molecule has 0 aliphatic rings. The van der Waals surface area contributed by atoms with Crippen molar-refractivity contribution in [3.8, 4) is 0 Å². The summed E-state index contributed by atoms with van der Waals surface area (Å²) < 4.78 is 24.8. The lowest BCUT2D eigenvalue weighted by Gasteiger charge is -2.16. The molecule has 1 atom stereocenters. The summed E-state index contributed by atoms with van der Waals surface area (Å²) in [5, 5.41) is 3.43. The summed E-state index contributed by atoms with van der Waals surface area (Å²) in [5.74, 6) is 0. The number of aryl methyl sites for hydroxylation is 2. The average Bonchev–Trinajstić information content (AvgIpc) is 2.69. The van der Waals surface area contributed by atoms with E-state index in [0.717, 1.165) is 11.9 Å². The number of rotatable bonds is 5. The normalized spacial score (nSPS) is 13.0. The first-order chi connectivity index (χ1) is 9.74. The second-order valence-electron chi connectivity index (χ2n) is 5.19. The van der Waals surface area contributed by atoms with Crippen molar-refractivity contribution in [2.24, 2.45) is 0 Å². The lowest BCUT2D eigenvalue weighted by molar-refractivity contribution is 0.607. The standard InChI is InChI=1S/C15H20N2O2S2/c1-10-9-15(12(3)20-10)11(2)16-13-5-7-14(8-6-13)17-21(4,18)19/h5-9,11,16-17H,1-4H3. The molecule has 0 bridgehead atoms. The highest BCUT2D eigenvalue weighted by molar-refractivity contribution is 7.92. The van der Waals surface area contributed by atoms with E-state index < -0.39 is 10.0 Å². The number of nitrogens with one attached hydrogen (secondary N) is 2. The number of anilines is 2. The quantitative estimate of drug-likeness (QED) is 0.876. The van der Waals surface area contributed by atoms with Crippen molar-refractivity contribution in [1.82, 2.24) is 0 Å². The third-order valence-corrected chi connectivity index (χ3v) is 4.71. The van der Waals surface area contributed by atoms with Gasteiger partial charge in [-0.2, -0.15) is 0 Å². The summed E-state index contributed by atoms with van der Waals surface area (Å²) in [6.07, 6.45) is 1.14. The molecule has 0 saturated heterocycles. The molecule has 1 aromatic heterocycles. The van der Waals surface area contributed by atoms with Gasteiger partial charge in [0.25, 0.3) is 0 Å². The van der Waals surface area contributed by atoms with Gasteiger partial charge in [-0.05, 0) is 56.7 Å². The SMILES string of the molecule is Cc1cc(C(C)Nc2ccc(NS(C)(=O)=O)cc2)c(C)s1. The van der Waals surface area contributed by atoms with Gasteiger partial charge in [0, 0.05) is 27.2 Å². The van der Waals surface area contributed by atoms with Gasteiger partial charge in [-0.15, -0.1) is 11.3 Å². The Labute approximate surface area is 130 Å². The zero-order chi connectivity index (χ0) is 15.6. The van der Waals surface area contributed by atoms with E-state index in [2.05, 4.69) is 36.9 Å². The van der Waals surface area contributed by atoms with E-state index in [0.29, 0.717) is 5.69 Å². The van der Waals surface area contributed by atoms with E-state index >= 15 is 0 Å². The van der Waals surface area contributed by atoms with Crippen LogP contribution in [-0.4, -0.2) is 14.7 Å². The molecule has 114 valence electrons. The molecule has 0 fully saturated rings. The first-order valence-corrected chi connectivity index (χ1v) is 9.37. The maximum Gasteiger partial charge on any atom is 0.229 e. The Kier molecular flexibility index (Phi) is 4.58. The van der Waals surface area contributed by atoms with E-state index in [-0.39, 0.29) is 6.04 Å². The van der Waals surface area contributed by atoms with E-state index in [4.69, 9.17) is 0 Å². The Bertz CT molecular complexity index is 719. The Morgan fingerprint density at radius 3 is 2.14 bits per heavy atom. The number of thiophene rings is 1. The van der Waals surface area contributed by atoms with Gasteiger partial charge >= 0.3 is 0 Å². The van der Waals surface area contributed by atoms with Crippen molar-refractivity contribution in [3.05, 3.63) is 45.6 Å². The molecule has 2 rings (SSSR count). The summed E-state index contributed by atoms with van der Waals surface area (Å²) in [7, 11) is -3.23. The van der Waals surface area contributed by atoms with Crippen LogP contribution in [0.5, 0.6) is 0 Å². The van der Waals surface area contributed by atoms with Crippen molar-refractivity contribution in [2.45, 2.75) is 26.8 Å². The van der Waals surface area contributed by atoms with E-state index in [1.807, 2.05) is 12.1 Å². The smallest absolute Gasteiger partial charge is 0.229 e.